The highest BCUT2D eigenvalue weighted by Crippen LogP contribution is 2.21. The van der Waals surface area contributed by atoms with E-state index >= 15 is 0 Å². The highest BCUT2D eigenvalue weighted by atomic mass is 16.2. The lowest BCUT2D eigenvalue weighted by atomic mass is 10.1. The fourth-order valence-corrected chi connectivity index (χ4v) is 2.74. The Morgan fingerprint density at radius 2 is 1.95 bits per heavy atom. The zero-order valence-corrected chi connectivity index (χ0v) is 11.2. The van der Waals surface area contributed by atoms with Crippen LogP contribution in [0, 0.1) is 6.92 Å². The maximum absolute atomic E-state index is 12.2. The number of carbonyl (C=O) groups is 1. The molecule has 0 radical (unpaired) electrons. The maximum atomic E-state index is 12.2. The smallest absolute Gasteiger partial charge is 0.269 e. The second-order valence-electron chi connectivity index (χ2n) is 5.14. The summed E-state index contributed by atoms with van der Waals surface area (Å²) in [4.78, 5) is 12.2. The first-order valence-electron chi connectivity index (χ1n) is 6.52. The molecule has 1 heterocycles. The molecule has 0 fully saturated rings. The van der Waals surface area contributed by atoms with Crippen LogP contribution >= 0.6 is 0 Å². The third-order valence-corrected chi connectivity index (χ3v) is 3.62. The van der Waals surface area contributed by atoms with E-state index in [-0.39, 0.29) is 11.9 Å². The van der Waals surface area contributed by atoms with Gasteiger partial charge in [-0.25, -0.2) is 0 Å². The molecule has 4 heteroatoms. The number of nitrogens with zero attached hydrogens (tertiary/aromatic N) is 2. The number of hydrogen-bond acceptors (Lipinski definition) is 2. The predicted octanol–water partition coefficient (Wildman–Crippen LogP) is 1.63. The Bertz CT molecular complexity index is 605. The largest absolute Gasteiger partial charge is 0.347 e. The fraction of sp³-hybridized carbons (Fsp3) is 0.333. The topological polar surface area (TPSA) is 46.9 Å². The van der Waals surface area contributed by atoms with E-state index in [0.717, 1.165) is 18.5 Å². The Balaban J connectivity index is 1.71. The Morgan fingerprint density at radius 1 is 1.32 bits per heavy atom. The lowest BCUT2D eigenvalue weighted by Gasteiger charge is -2.11. The van der Waals surface area contributed by atoms with Gasteiger partial charge in [0, 0.05) is 13.1 Å². The maximum Gasteiger partial charge on any atom is 0.269 e. The number of fused-ring (bicyclic) bond motifs is 1. The van der Waals surface area contributed by atoms with E-state index in [0.29, 0.717) is 5.69 Å². The lowest BCUT2D eigenvalue weighted by molar-refractivity contribution is 0.0929. The van der Waals surface area contributed by atoms with Gasteiger partial charge in [0.25, 0.3) is 5.91 Å². The number of aryl methyl sites for hydroxylation is 2. The van der Waals surface area contributed by atoms with Crippen molar-refractivity contribution in [1.29, 1.82) is 0 Å². The predicted molar refractivity (Wildman–Crippen MR) is 73.0 cm³/mol. The van der Waals surface area contributed by atoms with Crippen LogP contribution in [-0.2, 0) is 19.9 Å². The van der Waals surface area contributed by atoms with Gasteiger partial charge in [-0.3, -0.25) is 9.48 Å². The second kappa shape index (κ2) is 4.53. The number of nitrogens with one attached hydrogen (secondary N) is 1. The molecule has 0 aliphatic heterocycles. The van der Waals surface area contributed by atoms with Crippen molar-refractivity contribution in [3.8, 4) is 0 Å². The molecule has 0 spiro atoms. The van der Waals surface area contributed by atoms with Crippen molar-refractivity contribution >= 4 is 5.91 Å². The van der Waals surface area contributed by atoms with E-state index in [2.05, 4.69) is 22.5 Å². The summed E-state index contributed by atoms with van der Waals surface area (Å²) in [5, 5.41) is 7.30. The normalized spacial score (nSPS) is 14.4. The molecule has 1 aromatic carbocycles. The van der Waals surface area contributed by atoms with Crippen molar-refractivity contribution in [2.24, 2.45) is 7.05 Å². The number of aromatic nitrogens is 2. The molecule has 2 aromatic rings. The van der Waals surface area contributed by atoms with E-state index in [9.17, 15) is 4.79 Å². The van der Waals surface area contributed by atoms with Crippen LogP contribution in [0.1, 0.15) is 27.3 Å². The fourth-order valence-electron chi connectivity index (χ4n) is 2.74. The molecule has 0 saturated heterocycles. The Labute approximate surface area is 112 Å². The van der Waals surface area contributed by atoms with Gasteiger partial charge in [-0.15, -0.1) is 0 Å². The third-order valence-electron chi connectivity index (χ3n) is 3.62. The number of rotatable bonds is 2. The summed E-state index contributed by atoms with van der Waals surface area (Å²) in [6.07, 6.45) is 1.83. The first-order chi connectivity index (χ1) is 9.13. The number of hydrogen-bond donors (Lipinski definition) is 1. The van der Waals surface area contributed by atoms with Crippen LogP contribution in [0.3, 0.4) is 0 Å². The Hall–Kier alpha value is -2.10. The Morgan fingerprint density at radius 3 is 2.47 bits per heavy atom. The van der Waals surface area contributed by atoms with E-state index in [1.54, 1.807) is 11.7 Å². The zero-order chi connectivity index (χ0) is 13.4. The molecule has 19 heavy (non-hydrogen) atoms. The minimum Gasteiger partial charge on any atom is -0.347 e. The van der Waals surface area contributed by atoms with E-state index < -0.39 is 0 Å². The molecule has 1 aromatic heterocycles. The molecule has 1 aliphatic carbocycles. The molecule has 98 valence electrons. The van der Waals surface area contributed by atoms with Crippen LogP contribution < -0.4 is 5.32 Å². The van der Waals surface area contributed by atoms with Gasteiger partial charge < -0.3 is 5.32 Å². The molecule has 4 nitrogen and oxygen atoms in total. The molecule has 0 saturated carbocycles. The standard InChI is InChI=1S/C15H17N3O/c1-10-7-14(18(2)17-10)15(19)16-13-8-11-5-3-4-6-12(11)9-13/h3-7,13H,8-9H2,1-2H3,(H,16,19). The monoisotopic (exact) mass is 255 g/mol. The lowest BCUT2D eigenvalue weighted by Crippen LogP contribution is -2.36. The van der Waals surface area contributed by atoms with Crippen molar-refractivity contribution in [2.75, 3.05) is 0 Å². The number of benzene rings is 1. The summed E-state index contributed by atoms with van der Waals surface area (Å²) >= 11 is 0. The molecule has 0 atom stereocenters. The van der Waals surface area contributed by atoms with Gasteiger partial charge in [0.1, 0.15) is 5.69 Å². The first kappa shape index (κ1) is 12.0. The van der Waals surface area contributed by atoms with E-state index in [1.165, 1.54) is 11.1 Å². The number of carbonyl (C=O) groups excluding carboxylic acids is 1. The summed E-state index contributed by atoms with van der Waals surface area (Å²) in [6.45, 7) is 1.89. The average molecular weight is 255 g/mol. The first-order valence-corrected chi connectivity index (χ1v) is 6.52. The van der Waals surface area contributed by atoms with Gasteiger partial charge in [0.15, 0.2) is 0 Å². The summed E-state index contributed by atoms with van der Waals surface area (Å²) < 4.78 is 1.63. The van der Waals surface area contributed by atoms with E-state index in [1.807, 2.05) is 25.1 Å². The molecular formula is C15H17N3O. The van der Waals surface area contributed by atoms with Gasteiger partial charge >= 0.3 is 0 Å². The number of amides is 1. The molecule has 1 aliphatic rings. The summed E-state index contributed by atoms with van der Waals surface area (Å²) in [7, 11) is 1.80. The quantitative estimate of drug-likeness (QED) is 0.886. The van der Waals surface area contributed by atoms with Crippen molar-refractivity contribution in [1.82, 2.24) is 15.1 Å². The molecule has 1 N–H and O–H groups in total. The van der Waals surface area contributed by atoms with Gasteiger partial charge in [-0.1, -0.05) is 24.3 Å². The van der Waals surface area contributed by atoms with E-state index in [4.69, 9.17) is 0 Å². The molecule has 3 rings (SSSR count). The highest BCUT2D eigenvalue weighted by Gasteiger charge is 2.23. The third kappa shape index (κ3) is 2.26. The summed E-state index contributed by atoms with van der Waals surface area (Å²) in [5.74, 6) is -0.0408. The van der Waals surface area contributed by atoms with Gasteiger partial charge in [-0.05, 0) is 37.0 Å². The van der Waals surface area contributed by atoms with Crippen LogP contribution in [0.2, 0.25) is 0 Å². The van der Waals surface area contributed by atoms with Gasteiger partial charge in [-0.2, -0.15) is 5.10 Å². The van der Waals surface area contributed by atoms with Crippen LogP contribution in [-0.4, -0.2) is 21.7 Å². The van der Waals surface area contributed by atoms with Crippen LogP contribution in [0.4, 0.5) is 0 Å². The summed E-state index contributed by atoms with van der Waals surface area (Å²) in [5.41, 5.74) is 4.17. The van der Waals surface area contributed by atoms with Crippen molar-refractivity contribution < 1.29 is 4.79 Å². The molecule has 1 amide bonds. The minimum absolute atomic E-state index is 0.0408. The second-order valence-corrected chi connectivity index (χ2v) is 5.14. The molecule has 0 bridgehead atoms. The van der Waals surface area contributed by atoms with Gasteiger partial charge in [0.05, 0.1) is 5.69 Å². The van der Waals surface area contributed by atoms with Crippen molar-refractivity contribution in [3.05, 3.63) is 52.8 Å². The molecular weight excluding hydrogens is 238 g/mol. The molecule has 0 unspecified atom stereocenters. The van der Waals surface area contributed by atoms with Gasteiger partial charge in [0.2, 0.25) is 0 Å². The Kier molecular flexibility index (Phi) is 2.85. The minimum atomic E-state index is -0.0408. The van der Waals surface area contributed by atoms with Crippen LogP contribution in [0.15, 0.2) is 30.3 Å². The van der Waals surface area contributed by atoms with Crippen LogP contribution in [0.25, 0.3) is 0 Å². The highest BCUT2D eigenvalue weighted by molar-refractivity contribution is 5.92. The SMILES string of the molecule is Cc1cc(C(=O)NC2Cc3ccccc3C2)n(C)n1. The average Bonchev–Trinajstić information content (AvgIpc) is 2.91. The summed E-state index contributed by atoms with van der Waals surface area (Å²) in [6, 6.07) is 10.4. The van der Waals surface area contributed by atoms with Crippen molar-refractivity contribution in [2.45, 2.75) is 25.8 Å². The zero-order valence-electron chi connectivity index (χ0n) is 11.2. The van der Waals surface area contributed by atoms with Crippen LogP contribution in [0.5, 0.6) is 0 Å². The van der Waals surface area contributed by atoms with Crippen molar-refractivity contribution in [3.63, 3.8) is 0 Å².